The number of aromatic nitrogens is 1. The lowest BCUT2D eigenvalue weighted by molar-refractivity contribution is -0.143. The summed E-state index contributed by atoms with van der Waals surface area (Å²) in [7, 11) is -3.80. The molecule has 0 saturated carbocycles. The molecule has 0 amide bonds. The molecule has 1 aromatic rings. The van der Waals surface area contributed by atoms with Gasteiger partial charge in [-0.3, -0.25) is 4.18 Å². The predicted octanol–water partition coefficient (Wildman–Crippen LogP) is 2.28. The molecule has 0 fully saturated rings. The van der Waals surface area contributed by atoms with E-state index in [-0.39, 0.29) is 5.56 Å². The highest BCUT2D eigenvalue weighted by molar-refractivity contribution is 7.86. The van der Waals surface area contributed by atoms with E-state index in [0.29, 0.717) is 6.07 Å². The normalized spacial score (nSPS) is 14.6. The molecule has 4 nitrogen and oxygen atoms in total. The zero-order chi connectivity index (χ0) is 14.1. The van der Waals surface area contributed by atoms with Crippen molar-refractivity contribution in [1.29, 1.82) is 0 Å². The summed E-state index contributed by atoms with van der Waals surface area (Å²) in [4.78, 5) is 2.93. The number of rotatable bonds is 3. The first-order valence-electron chi connectivity index (χ1n) is 4.61. The third-order valence-electron chi connectivity index (χ3n) is 1.92. The minimum atomic E-state index is -4.90. The maximum Gasteiger partial charge on any atom is 0.436 e. The summed E-state index contributed by atoms with van der Waals surface area (Å²) in [5.74, 6) is -1.58. The molecule has 0 aromatic carbocycles. The lowest BCUT2D eigenvalue weighted by Crippen LogP contribution is -2.13. The van der Waals surface area contributed by atoms with Crippen LogP contribution in [-0.4, -0.2) is 19.7 Å². The van der Waals surface area contributed by atoms with Crippen LogP contribution in [0.25, 0.3) is 0 Å². The second kappa shape index (κ2) is 4.81. The summed E-state index contributed by atoms with van der Waals surface area (Å²) in [5, 5.41) is 0. The number of halogens is 4. The molecule has 9 heteroatoms. The van der Waals surface area contributed by atoms with Crippen molar-refractivity contribution in [2.24, 2.45) is 0 Å². The Bertz CT molecular complexity index is 541. The first-order valence-corrected chi connectivity index (χ1v) is 6.43. The summed E-state index contributed by atoms with van der Waals surface area (Å²) >= 11 is 0. The average Bonchev–Trinajstić information content (AvgIpc) is 2.12. The molecule has 1 aromatic heterocycles. The topological polar surface area (TPSA) is 56.3 Å². The molecule has 1 atom stereocenters. The van der Waals surface area contributed by atoms with Gasteiger partial charge in [-0.05, 0) is 13.0 Å². The highest BCUT2D eigenvalue weighted by Crippen LogP contribution is 2.31. The van der Waals surface area contributed by atoms with E-state index < -0.39 is 33.9 Å². The summed E-state index contributed by atoms with van der Waals surface area (Å²) in [6.45, 7) is 1.25. The smallest absolute Gasteiger partial charge is 0.262 e. The maximum atomic E-state index is 13.2. The molecule has 0 saturated heterocycles. The van der Waals surface area contributed by atoms with Crippen LogP contribution in [0.1, 0.15) is 24.3 Å². The second-order valence-electron chi connectivity index (χ2n) is 3.54. The molecule has 1 heterocycles. The fourth-order valence-electron chi connectivity index (χ4n) is 1.20. The van der Waals surface area contributed by atoms with E-state index in [0.717, 1.165) is 12.5 Å². The zero-order valence-electron chi connectivity index (χ0n) is 9.32. The van der Waals surface area contributed by atoms with E-state index in [9.17, 15) is 26.0 Å². The van der Waals surface area contributed by atoms with Gasteiger partial charge in [0.1, 0.15) is 6.10 Å². The zero-order valence-corrected chi connectivity index (χ0v) is 10.1. The van der Waals surface area contributed by atoms with E-state index in [1.165, 1.54) is 6.92 Å². The van der Waals surface area contributed by atoms with E-state index in [2.05, 4.69) is 9.17 Å². The van der Waals surface area contributed by atoms with Crippen molar-refractivity contribution >= 4 is 10.1 Å². The minimum absolute atomic E-state index is 0.106. The quantitative estimate of drug-likeness (QED) is 0.632. The molecule has 102 valence electrons. The predicted molar refractivity (Wildman–Crippen MR) is 53.5 cm³/mol. The average molecular weight is 287 g/mol. The molecule has 0 aliphatic rings. The highest BCUT2D eigenvalue weighted by atomic mass is 32.2. The van der Waals surface area contributed by atoms with Crippen LogP contribution < -0.4 is 0 Å². The van der Waals surface area contributed by atoms with Crippen molar-refractivity contribution in [3.05, 3.63) is 29.3 Å². The van der Waals surface area contributed by atoms with Gasteiger partial charge in [-0.25, -0.2) is 9.37 Å². The molecule has 0 aliphatic heterocycles. The summed E-state index contributed by atoms with van der Waals surface area (Å²) in [5.41, 5.74) is -1.76. The third-order valence-corrected chi connectivity index (χ3v) is 2.56. The van der Waals surface area contributed by atoms with Crippen LogP contribution in [0.2, 0.25) is 0 Å². The van der Waals surface area contributed by atoms with Gasteiger partial charge in [0.15, 0.2) is 11.5 Å². The van der Waals surface area contributed by atoms with Crippen LogP contribution in [0.15, 0.2) is 12.3 Å². The van der Waals surface area contributed by atoms with Crippen LogP contribution in [0, 0.1) is 5.82 Å². The van der Waals surface area contributed by atoms with Gasteiger partial charge in [0, 0.05) is 11.8 Å². The van der Waals surface area contributed by atoms with Gasteiger partial charge >= 0.3 is 6.18 Å². The van der Waals surface area contributed by atoms with Gasteiger partial charge in [0.2, 0.25) is 0 Å². The molecule has 0 radical (unpaired) electrons. The Kier molecular flexibility index (Phi) is 3.96. The molecule has 0 bridgehead atoms. The third kappa shape index (κ3) is 3.91. The second-order valence-corrected chi connectivity index (χ2v) is 5.14. The van der Waals surface area contributed by atoms with Gasteiger partial charge < -0.3 is 0 Å². The SMILES string of the molecule is CC(OS(C)(=O)=O)c1cnc(C(F)(F)F)c(F)c1. The van der Waals surface area contributed by atoms with Gasteiger partial charge in [0.25, 0.3) is 10.1 Å². The molecule has 0 N–H and O–H groups in total. The van der Waals surface area contributed by atoms with Gasteiger partial charge in [-0.2, -0.15) is 21.6 Å². The number of nitrogens with zero attached hydrogens (tertiary/aromatic N) is 1. The number of hydrogen-bond donors (Lipinski definition) is 0. The van der Waals surface area contributed by atoms with Crippen molar-refractivity contribution in [3.8, 4) is 0 Å². The molecular weight excluding hydrogens is 278 g/mol. The molecular formula is C9H9F4NO3S. The Morgan fingerprint density at radius 2 is 1.94 bits per heavy atom. The van der Waals surface area contributed by atoms with Crippen molar-refractivity contribution < 1.29 is 30.2 Å². The molecule has 1 rings (SSSR count). The maximum absolute atomic E-state index is 13.2. The van der Waals surface area contributed by atoms with Crippen molar-refractivity contribution in [2.45, 2.75) is 19.2 Å². The number of pyridine rings is 1. The van der Waals surface area contributed by atoms with Crippen LogP contribution in [0.5, 0.6) is 0 Å². The molecule has 0 spiro atoms. The minimum Gasteiger partial charge on any atom is -0.262 e. The number of hydrogen-bond acceptors (Lipinski definition) is 4. The fraction of sp³-hybridized carbons (Fsp3) is 0.444. The van der Waals surface area contributed by atoms with Crippen LogP contribution >= 0.6 is 0 Å². The van der Waals surface area contributed by atoms with Gasteiger partial charge in [-0.1, -0.05) is 0 Å². The molecule has 1 unspecified atom stereocenters. The van der Waals surface area contributed by atoms with Crippen molar-refractivity contribution in [3.63, 3.8) is 0 Å². The van der Waals surface area contributed by atoms with Crippen molar-refractivity contribution in [1.82, 2.24) is 4.98 Å². The molecule has 0 aliphatic carbocycles. The lowest BCUT2D eigenvalue weighted by Gasteiger charge is -2.13. The Morgan fingerprint density at radius 3 is 2.33 bits per heavy atom. The van der Waals surface area contributed by atoms with E-state index >= 15 is 0 Å². The lowest BCUT2D eigenvalue weighted by atomic mass is 10.1. The van der Waals surface area contributed by atoms with E-state index in [4.69, 9.17) is 0 Å². The highest BCUT2D eigenvalue weighted by Gasteiger charge is 2.36. The monoisotopic (exact) mass is 287 g/mol. The van der Waals surface area contributed by atoms with Crippen LogP contribution in [0.4, 0.5) is 17.6 Å². The Morgan fingerprint density at radius 1 is 1.39 bits per heavy atom. The van der Waals surface area contributed by atoms with Gasteiger partial charge in [-0.15, -0.1) is 0 Å². The summed E-state index contributed by atoms with van der Waals surface area (Å²) in [6, 6.07) is 0.547. The Hall–Kier alpha value is -1.22. The summed E-state index contributed by atoms with van der Waals surface area (Å²) < 4.78 is 75.9. The largest absolute Gasteiger partial charge is 0.436 e. The first-order chi connectivity index (χ1) is 8.00. The summed E-state index contributed by atoms with van der Waals surface area (Å²) in [6.07, 6.45) is -4.52. The standard InChI is InChI=1S/C9H9F4NO3S/c1-5(17-18(2,15)16)6-3-7(10)8(14-4-6)9(11,12)13/h3-5H,1-2H3. The van der Waals surface area contributed by atoms with Crippen LogP contribution in [0.3, 0.4) is 0 Å². The Labute approximate surface area is 101 Å². The fourth-order valence-corrected chi connectivity index (χ4v) is 1.84. The molecule has 18 heavy (non-hydrogen) atoms. The first kappa shape index (κ1) is 14.8. The van der Waals surface area contributed by atoms with E-state index in [1.54, 1.807) is 0 Å². The van der Waals surface area contributed by atoms with E-state index in [1.807, 2.05) is 0 Å². The Balaban J connectivity index is 3.05. The van der Waals surface area contributed by atoms with Gasteiger partial charge in [0.05, 0.1) is 6.26 Å². The number of alkyl halides is 3. The van der Waals surface area contributed by atoms with Crippen LogP contribution in [-0.2, 0) is 20.5 Å². The van der Waals surface area contributed by atoms with Crippen molar-refractivity contribution in [2.75, 3.05) is 6.26 Å².